The van der Waals surface area contributed by atoms with Gasteiger partial charge >= 0.3 is 0 Å². The van der Waals surface area contributed by atoms with Crippen molar-refractivity contribution in [2.45, 2.75) is 12.8 Å². The average molecular weight is 275 g/mol. The van der Waals surface area contributed by atoms with Crippen molar-refractivity contribution in [3.63, 3.8) is 0 Å². The number of amides is 2. The molecule has 2 N–H and O–H groups in total. The fourth-order valence-corrected chi connectivity index (χ4v) is 2.23. The van der Waals surface area contributed by atoms with E-state index in [1.54, 1.807) is 17.0 Å². The molecule has 1 heterocycles. The molecular weight excluding hydrogens is 256 g/mol. The van der Waals surface area contributed by atoms with Crippen LogP contribution in [0.3, 0.4) is 0 Å². The van der Waals surface area contributed by atoms with E-state index >= 15 is 0 Å². The van der Waals surface area contributed by atoms with Gasteiger partial charge in [0.25, 0.3) is 0 Å². The number of morpholine rings is 1. The smallest absolute Gasteiger partial charge is 0.248 e. The van der Waals surface area contributed by atoms with Crippen LogP contribution < -0.4 is 5.73 Å². The van der Waals surface area contributed by atoms with E-state index in [1.165, 1.54) is 0 Å². The van der Waals surface area contributed by atoms with Gasteiger partial charge in [-0.2, -0.15) is 0 Å². The van der Waals surface area contributed by atoms with Crippen LogP contribution in [0.15, 0.2) is 24.3 Å². The highest BCUT2D eigenvalue weighted by Gasteiger charge is 2.16. The molecule has 0 bridgehead atoms. The summed E-state index contributed by atoms with van der Waals surface area (Å²) in [6.07, 6.45) is 2.82. The van der Waals surface area contributed by atoms with E-state index in [-0.39, 0.29) is 5.91 Å². The molecule has 0 atom stereocenters. The standard InChI is InChI=1S/C15H19N2O3/c16-15(19)13-6-2-1-4-12(13)5-3-7-14(18)17-8-10-20-11-9-17/h1-4,6H,5,7-11H2,(H2,16,19). The van der Waals surface area contributed by atoms with E-state index < -0.39 is 5.91 Å². The third-order valence-electron chi connectivity index (χ3n) is 3.33. The van der Waals surface area contributed by atoms with Crippen LogP contribution in [0.4, 0.5) is 0 Å². The third-order valence-corrected chi connectivity index (χ3v) is 3.33. The lowest BCUT2D eigenvalue weighted by Gasteiger charge is -2.26. The summed E-state index contributed by atoms with van der Waals surface area (Å²) in [5.74, 6) is -0.335. The number of carbonyl (C=O) groups excluding carboxylic acids is 2. The van der Waals surface area contributed by atoms with Crippen molar-refractivity contribution in [2.24, 2.45) is 5.73 Å². The molecular formula is C15H19N2O3. The van der Waals surface area contributed by atoms with Crippen LogP contribution in [0.1, 0.15) is 22.3 Å². The summed E-state index contributed by atoms with van der Waals surface area (Å²) in [7, 11) is 0. The van der Waals surface area contributed by atoms with Gasteiger partial charge in [-0.25, -0.2) is 0 Å². The lowest BCUT2D eigenvalue weighted by atomic mass is 10.0. The summed E-state index contributed by atoms with van der Waals surface area (Å²) >= 11 is 0. The van der Waals surface area contributed by atoms with Gasteiger partial charge in [-0.1, -0.05) is 18.2 Å². The summed E-state index contributed by atoms with van der Waals surface area (Å²) in [6, 6.07) is 7.20. The van der Waals surface area contributed by atoms with Crippen LogP contribution in [0.2, 0.25) is 0 Å². The Labute approximate surface area is 118 Å². The number of primary amides is 1. The van der Waals surface area contributed by atoms with Crippen molar-refractivity contribution in [1.29, 1.82) is 0 Å². The second-order valence-corrected chi connectivity index (χ2v) is 4.71. The highest BCUT2D eigenvalue weighted by Crippen LogP contribution is 2.12. The number of benzene rings is 1. The van der Waals surface area contributed by atoms with Crippen LogP contribution in [0.25, 0.3) is 0 Å². The van der Waals surface area contributed by atoms with Gasteiger partial charge in [0.05, 0.1) is 13.2 Å². The first-order valence-electron chi connectivity index (χ1n) is 6.73. The second kappa shape index (κ2) is 7.05. The summed E-state index contributed by atoms with van der Waals surface area (Å²) < 4.78 is 5.21. The van der Waals surface area contributed by atoms with Gasteiger partial charge in [-0.15, -0.1) is 0 Å². The van der Waals surface area contributed by atoms with Gasteiger partial charge in [0.1, 0.15) is 0 Å². The minimum absolute atomic E-state index is 0.102. The first-order chi connectivity index (χ1) is 9.68. The van der Waals surface area contributed by atoms with Crippen LogP contribution in [0.5, 0.6) is 0 Å². The van der Waals surface area contributed by atoms with Crippen molar-refractivity contribution in [3.8, 4) is 0 Å². The fraction of sp³-hybridized carbons (Fsp3) is 0.400. The first-order valence-corrected chi connectivity index (χ1v) is 6.73. The molecule has 20 heavy (non-hydrogen) atoms. The predicted octanol–water partition coefficient (Wildman–Crippen LogP) is 0.781. The number of hydrogen-bond acceptors (Lipinski definition) is 3. The van der Waals surface area contributed by atoms with E-state index in [1.807, 2.05) is 18.6 Å². The largest absolute Gasteiger partial charge is 0.378 e. The fourth-order valence-electron chi connectivity index (χ4n) is 2.23. The number of hydrogen-bond donors (Lipinski definition) is 1. The second-order valence-electron chi connectivity index (χ2n) is 4.71. The lowest BCUT2D eigenvalue weighted by Crippen LogP contribution is -2.40. The van der Waals surface area contributed by atoms with Crippen LogP contribution in [0, 0.1) is 6.42 Å². The molecule has 1 aliphatic heterocycles. The Kier molecular flexibility index (Phi) is 5.12. The molecule has 1 saturated heterocycles. The molecule has 2 amide bonds. The van der Waals surface area contributed by atoms with E-state index in [4.69, 9.17) is 10.5 Å². The quantitative estimate of drug-likeness (QED) is 0.863. The summed E-state index contributed by atoms with van der Waals surface area (Å²) in [6.45, 7) is 2.53. The molecule has 0 spiro atoms. The van der Waals surface area contributed by atoms with Crippen molar-refractivity contribution >= 4 is 11.8 Å². The van der Waals surface area contributed by atoms with Gasteiger partial charge in [0, 0.05) is 25.1 Å². The van der Waals surface area contributed by atoms with Crippen molar-refractivity contribution in [3.05, 3.63) is 41.8 Å². The van der Waals surface area contributed by atoms with Gasteiger partial charge in [-0.3, -0.25) is 9.59 Å². The van der Waals surface area contributed by atoms with E-state index in [0.717, 1.165) is 5.56 Å². The lowest BCUT2D eigenvalue weighted by molar-refractivity contribution is -0.134. The zero-order valence-corrected chi connectivity index (χ0v) is 11.4. The summed E-state index contributed by atoms with van der Waals surface area (Å²) in [5.41, 5.74) is 6.69. The van der Waals surface area contributed by atoms with Gasteiger partial charge in [0.2, 0.25) is 11.8 Å². The zero-order chi connectivity index (χ0) is 14.4. The molecule has 1 fully saturated rings. The Morgan fingerprint density at radius 2 is 1.95 bits per heavy atom. The molecule has 2 rings (SSSR count). The molecule has 107 valence electrons. The maximum atomic E-state index is 12.0. The third kappa shape index (κ3) is 3.81. The van der Waals surface area contributed by atoms with Crippen molar-refractivity contribution < 1.29 is 14.3 Å². The number of rotatable bonds is 5. The highest BCUT2D eigenvalue weighted by atomic mass is 16.5. The molecule has 5 nitrogen and oxygen atoms in total. The molecule has 0 aromatic heterocycles. The Balaban J connectivity index is 1.83. The van der Waals surface area contributed by atoms with Crippen LogP contribution in [-0.4, -0.2) is 43.0 Å². The van der Waals surface area contributed by atoms with Gasteiger partial charge < -0.3 is 15.4 Å². The molecule has 0 aliphatic carbocycles. The van der Waals surface area contributed by atoms with Gasteiger partial charge in [-0.05, 0) is 24.5 Å². The molecule has 0 unspecified atom stereocenters. The summed E-state index contributed by atoms with van der Waals surface area (Å²) in [4.78, 5) is 25.0. The molecule has 1 aliphatic rings. The van der Waals surface area contributed by atoms with Crippen LogP contribution in [-0.2, 0) is 16.0 Å². The maximum Gasteiger partial charge on any atom is 0.248 e. The number of ether oxygens (including phenoxy) is 1. The van der Waals surface area contributed by atoms with Crippen molar-refractivity contribution in [2.75, 3.05) is 26.3 Å². The maximum absolute atomic E-state index is 12.0. The molecule has 0 saturated carbocycles. The van der Waals surface area contributed by atoms with E-state index in [9.17, 15) is 9.59 Å². The SMILES string of the molecule is NC(=O)c1ccccc1C[CH]CC(=O)N1CCOCC1. The Morgan fingerprint density at radius 1 is 1.25 bits per heavy atom. The topological polar surface area (TPSA) is 72.6 Å². The number of nitrogens with zero attached hydrogens (tertiary/aromatic N) is 1. The monoisotopic (exact) mass is 275 g/mol. The number of nitrogens with two attached hydrogens (primary N) is 1. The Hall–Kier alpha value is -1.88. The van der Waals surface area contributed by atoms with E-state index in [2.05, 4.69) is 0 Å². The Bertz CT molecular complexity index is 482. The van der Waals surface area contributed by atoms with Crippen LogP contribution >= 0.6 is 0 Å². The highest BCUT2D eigenvalue weighted by molar-refractivity contribution is 5.94. The van der Waals surface area contributed by atoms with Crippen molar-refractivity contribution in [1.82, 2.24) is 4.90 Å². The Morgan fingerprint density at radius 3 is 2.65 bits per heavy atom. The molecule has 1 aromatic rings. The molecule has 1 aromatic carbocycles. The molecule has 1 radical (unpaired) electrons. The summed E-state index contributed by atoms with van der Waals surface area (Å²) in [5, 5.41) is 0. The zero-order valence-electron chi connectivity index (χ0n) is 11.4. The minimum Gasteiger partial charge on any atom is -0.378 e. The predicted molar refractivity (Wildman–Crippen MR) is 75.0 cm³/mol. The van der Waals surface area contributed by atoms with Gasteiger partial charge in [0.15, 0.2) is 0 Å². The molecule has 5 heteroatoms. The van der Waals surface area contributed by atoms with E-state index in [0.29, 0.717) is 44.7 Å². The minimum atomic E-state index is -0.437. The first kappa shape index (κ1) is 14.5. The average Bonchev–Trinajstić information content (AvgIpc) is 2.48. The normalized spacial score (nSPS) is 15.1. The number of carbonyl (C=O) groups is 2.